The van der Waals surface area contributed by atoms with E-state index in [4.69, 9.17) is 0 Å². The van der Waals surface area contributed by atoms with Gasteiger partial charge in [-0.3, -0.25) is 10.1 Å². The van der Waals surface area contributed by atoms with Crippen molar-refractivity contribution < 1.29 is 4.79 Å². The first-order valence-corrected chi connectivity index (χ1v) is 6.89. The zero-order valence-electron chi connectivity index (χ0n) is 10.0. The van der Waals surface area contributed by atoms with E-state index in [1.165, 1.54) is 43.4 Å². The maximum absolute atomic E-state index is 11.4. The SMILES string of the molecule is CNCC(=O)Nc1nnc(C2CCCCC2)s1. The number of nitrogens with one attached hydrogen (secondary N) is 2. The average molecular weight is 254 g/mol. The minimum atomic E-state index is -0.0705. The summed E-state index contributed by atoms with van der Waals surface area (Å²) in [4.78, 5) is 11.4. The Hall–Kier alpha value is -1.01. The molecule has 0 aromatic carbocycles. The third-order valence-electron chi connectivity index (χ3n) is 2.98. The Morgan fingerprint density at radius 3 is 2.82 bits per heavy atom. The summed E-state index contributed by atoms with van der Waals surface area (Å²) in [5.41, 5.74) is 0. The van der Waals surface area contributed by atoms with Crippen LogP contribution in [0.4, 0.5) is 5.13 Å². The number of carbonyl (C=O) groups is 1. The predicted molar refractivity (Wildman–Crippen MR) is 68.3 cm³/mol. The monoisotopic (exact) mass is 254 g/mol. The highest BCUT2D eigenvalue weighted by Crippen LogP contribution is 2.34. The molecule has 1 amide bonds. The predicted octanol–water partition coefficient (Wildman–Crippen LogP) is 1.74. The summed E-state index contributed by atoms with van der Waals surface area (Å²) < 4.78 is 0. The molecule has 1 aromatic heterocycles. The van der Waals surface area contributed by atoms with Crippen molar-refractivity contribution in [2.24, 2.45) is 0 Å². The fourth-order valence-corrected chi connectivity index (χ4v) is 3.05. The zero-order valence-corrected chi connectivity index (χ0v) is 10.8. The Labute approximate surface area is 105 Å². The van der Waals surface area contributed by atoms with Crippen molar-refractivity contribution in [1.29, 1.82) is 0 Å². The van der Waals surface area contributed by atoms with Crippen LogP contribution in [-0.4, -0.2) is 29.7 Å². The van der Waals surface area contributed by atoms with E-state index < -0.39 is 0 Å². The van der Waals surface area contributed by atoms with Gasteiger partial charge in [-0.05, 0) is 19.9 Å². The molecule has 1 aliphatic rings. The second-order valence-electron chi connectivity index (χ2n) is 4.36. The molecule has 0 radical (unpaired) electrons. The van der Waals surface area contributed by atoms with Crippen LogP contribution in [0.3, 0.4) is 0 Å². The van der Waals surface area contributed by atoms with Crippen molar-refractivity contribution in [2.75, 3.05) is 18.9 Å². The van der Waals surface area contributed by atoms with E-state index in [1.807, 2.05) is 0 Å². The molecule has 0 saturated heterocycles. The number of aromatic nitrogens is 2. The van der Waals surface area contributed by atoms with Crippen molar-refractivity contribution in [3.8, 4) is 0 Å². The average Bonchev–Trinajstić information content (AvgIpc) is 2.79. The van der Waals surface area contributed by atoms with Crippen LogP contribution in [0.15, 0.2) is 0 Å². The fourth-order valence-electron chi connectivity index (χ4n) is 2.12. The van der Waals surface area contributed by atoms with E-state index in [0.29, 0.717) is 17.6 Å². The van der Waals surface area contributed by atoms with E-state index in [0.717, 1.165) is 5.01 Å². The first-order valence-electron chi connectivity index (χ1n) is 6.07. The van der Waals surface area contributed by atoms with Crippen LogP contribution in [0.25, 0.3) is 0 Å². The zero-order chi connectivity index (χ0) is 12.1. The number of hydrogen-bond acceptors (Lipinski definition) is 5. The van der Waals surface area contributed by atoms with E-state index in [2.05, 4.69) is 20.8 Å². The van der Waals surface area contributed by atoms with Crippen LogP contribution >= 0.6 is 11.3 Å². The summed E-state index contributed by atoms with van der Waals surface area (Å²) >= 11 is 1.51. The minimum absolute atomic E-state index is 0.0705. The van der Waals surface area contributed by atoms with Crippen LogP contribution < -0.4 is 10.6 Å². The normalized spacial score (nSPS) is 17.0. The fraction of sp³-hybridized carbons (Fsp3) is 0.727. The van der Waals surface area contributed by atoms with E-state index in [1.54, 1.807) is 7.05 Å². The highest BCUT2D eigenvalue weighted by atomic mass is 32.1. The lowest BCUT2D eigenvalue weighted by Gasteiger charge is -2.18. The maximum Gasteiger partial charge on any atom is 0.240 e. The van der Waals surface area contributed by atoms with Gasteiger partial charge in [0, 0.05) is 5.92 Å². The van der Waals surface area contributed by atoms with Gasteiger partial charge in [-0.2, -0.15) is 0 Å². The molecule has 0 atom stereocenters. The van der Waals surface area contributed by atoms with Crippen molar-refractivity contribution >= 4 is 22.4 Å². The molecule has 1 heterocycles. The molecule has 0 bridgehead atoms. The second kappa shape index (κ2) is 6.07. The van der Waals surface area contributed by atoms with Crippen LogP contribution in [0.2, 0.25) is 0 Å². The van der Waals surface area contributed by atoms with Gasteiger partial charge < -0.3 is 5.32 Å². The molecule has 0 aliphatic heterocycles. The first kappa shape index (κ1) is 12.4. The number of likely N-dealkylation sites (N-methyl/N-ethyl adjacent to an activating group) is 1. The molecule has 94 valence electrons. The molecule has 0 unspecified atom stereocenters. The van der Waals surface area contributed by atoms with Gasteiger partial charge in [0.25, 0.3) is 0 Å². The van der Waals surface area contributed by atoms with Crippen molar-refractivity contribution in [3.05, 3.63) is 5.01 Å². The summed E-state index contributed by atoms with van der Waals surface area (Å²) in [6.45, 7) is 0.304. The quantitative estimate of drug-likeness (QED) is 0.859. The number of rotatable bonds is 4. The summed E-state index contributed by atoms with van der Waals surface area (Å²) in [6.07, 6.45) is 6.32. The number of hydrogen-bond donors (Lipinski definition) is 2. The molecule has 1 aliphatic carbocycles. The Morgan fingerprint density at radius 2 is 2.12 bits per heavy atom. The maximum atomic E-state index is 11.4. The van der Waals surface area contributed by atoms with Gasteiger partial charge >= 0.3 is 0 Å². The lowest BCUT2D eigenvalue weighted by Crippen LogP contribution is -2.24. The summed E-state index contributed by atoms with van der Waals surface area (Å²) in [5, 5.41) is 15.4. The lowest BCUT2D eigenvalue weighted by molar-refractivity contribution is -0.115. The molecule has 2 rings (SSSR count). The van der Waals surface area contributed by atoms with Crippen molar-refractivity contribution in [3.63, 3.8) is 0 Å². The molecule has 0 spiro atoms. The van der Waals surface area contributed by atoms with Gasteiger partial charge in [-0.1, -0.05) is 30.6 Å². The minimum Gasteiger partial charge on any atom is -0.311 e. The van der Waals surface area contributed by atoms with Crippen molar-refractivity contribution in [1.82, 2.24) is 15.5 Å². The first-order chi connectivity index (χ1) is 8.29. The van der Waals surface area contributed by atoms with E-state index >= 15 is 0 Å². The van der Waals surface area contributed by atoms with Gasteiger partial charge in [-0.15, -0.1) is 10.2 Å². The van der Waals surface area contributed by atoms with Crippen molar-refractivity contribution in [2.45, 2.75) is 38.0 Å². The number of anilines is 1. The third kappa shape index (κ3) is 3.47. The molecule has 1 saturated carbocycles. The van der Waals surface area contributed by atoms with Gasteiger partial charge in [0.05, 0.1) is 6.54 Å². The highest BCUT2D eigenvalue weighted by Gasteiger charge is 2.19. The van der Waals surface area contributed by atoms with Crippen LogP contribution in [0.5, 0.6) is 0 Å². The molecule has 5 nitrogen and oxygen atoms in total. The summed E-state index contributed by atoms with van der Waals surface area (Å²) in [7, 11) is 1.74. The number of nitrogens with zero attached hydrogens (tertiary/aromatic N) is 2. The lowest BCUT2D eigenvalue weighted by atomic mass is 9.90. The Balaban J connectivity index is 1.93. The van der Waals surface area contributed by atoms with E-state index in [9.17, 15) is 4.79 Å². The third-order valence-corrected chi connectivity index (χ3v) is 3.98. The van der Waals surface area contributed by atoms with Gasteiger partial charge in [-0.25, -0.2) is 0 Å². The van der Waals surface area contributed by atoms with Gasteiger partial charge in [0.2, 0.25) is 11.0 Å². The number of carbonyl (C=O) groups excluding carboxylic acids is 1. The standard InChI is InChI=1S/C11H18N4OS/c1-12-7-9(16)13-11-15-14-10(17-11)8-5-3-2-4-6-8/h8,12H,2-7H2,1H3,(H,13,15,16). The highest BCUT2D eigenvalue weighted by molar-refractivity contribution is 7.15. The molecule has 1 aromatic rings. The molecule has 2 N–H and O–H groups in total. The number of amides is 1. The molecular formula is C11H18N4OS. The topological polar surface area (TPSA) is 66.9 Å². The van der Waals surface area contributed by atoms with Crippen LogP contribution in [-0.2, 0) is 4.79 Å². The second-order valence-corrected chi connectivity index (χ2v) is 5.37. The Kier molecular flexibility index (Phi) is 4.44. The molecular weight excluding hydrogens is 236 g/mol. The largest absolute Gasteiger partial charge is 0.311 e. The summed E-state index contributed by atoms with van der Waals surface area (Å²) in [6, 6.07) is 0. The summed E-state index contributed by atoms with van der Waals surface area (Å²) in [5.74, 6) is 0.482. The van der Waals surface area contributed by atoms with Gasteiger partial charge in [0.1, 0.15) is 5.01 Å². The van der Waals surface area contributed by atoms with E-state index in [-0.39, 0.29) is 5.91 Å². The van der Waals surface area contributed by atoms with Gasteiger partial charge in [0.15, 0.2) is 0 Å². The van der Waals surface area contributed by atoms with Crippen LogP contribution in [0.1, 0.15) is 43.0 Å². The Morgan fingerprint density at radius 1 is 1.35 bits per heavy atom. The molecule has 17 heavy (non-hydrogen) atoms. The molecule has 1 fully saturated rings. The van der Waals surface area contributed by atoms with Crippen LogP contribution in [0, 0.1) is 0 Å². The Bertz CT molecular complexity index is 373. The smallest absolute Gasteiger partial charge is 0.240 e. The molecule has 6 heteroatoms.